The van der Waals surface area contributed by atoms with Gasteiger partial charge in [-0.15, -0.1) is 12.4 Å². The molecule has 2 saturated heterocycles. The minimum Gasteiger partial charge on any atom is -0.508 e. The number of rotatable bonds is 2. The van der Waals surface area contributed by atoms with Gasteiger partial charge in [-0.25, -0.2) is 0 Å². The van der Waals surface area contributed by atoms with Crippen molar-refractivity contribution in [2.75, 3.05) is 44.2 Å². The molecule has 0 aromatic heterocycles. The lowest BCUT2D eigenvalue weighted by Gasteiger charge is -2.37. The molecular weight excluding hydrogens is 302 g/mol. The van der Waals surface area contributed by atoms with Crippen molar-refractivity contribution < 1.29 is 9.90 Å². The molecule has 0 bridgehead atoms. The van der Waals surface area contributed by atoms with Crippen LogP contribution in [0.3, 0.4) is 0 Å². The molecule has 2 aliphatic rings. The average Bonchev–Trinajstić information content (AvgIpc) is 2.94. The highest BCUT2D eigenvalue weighted by atomic mass is 35.5. The van der Waals surface area contributed by atoms with Crippen LogP contribution in [0.4, 0.5) is 5.69 Å². The lowest BCUT2D eigenvalue weighted by atomic mass is 9.96. The molecule has 0 unspecified atom stereocenters. The fourth-order valence-electron chi connectivity index (χ4n) is 3.22. The van der Waals surface area contributed by atoms with Gasteiger partial charge in [0.1, 0.15) is 5.75 Å². The summed E-state index contributed by atoms with van der Waals surface area (Å²) in [7, 11) is 0. The van der Waals surface area contributed by atoms with Crippen molar-refractivity contribution in [1.82, 2.24) is 10.2 Å². The smallest absolute Gasteiger partial charge is 0.227 e. The zero-order chi connectivity index (χ0) is 14.8. The normalized spacial score (nSPS) is 25.0. The van der Waals surface area contributed by atoms with Crippen molar-refractivity contribution in [3.63, 3.8) is 0 Å². The van der Waals surface area contributed by atoms with Crippen LogP contribution in [0.5, 0.6) is 5.75 Å². The number of hydrogen-bond donors (Lipinski definition) is 2. The molecule has 0 saturated carbocycles. The number of nitrogens with one attached hydrogen (secondary N) is 1. The van der Waals surface area contributed by atoms with Crippen LogP contribution in [-0.4, -0.2) is 55.2 Å². The topological polar surface area (TPSA) is 55.8 Å². The highest BCUT2D eigenvalue weighted by Gasteiger charge is 2.33. The number of nitrogens with zero attached hydrogens (tertiary/aromatic N) is 2. The molecule has 3 rings (SSSR count). The van der Waals surface area contributed by atoms with Crippen LogP contribution in [-0.2, 0) is 4.79 Å². The molecule has 2 heterocycles. The van der Waals surface area contributed by atoms with Crippen LogP contribution < -0.4 is 10.2 Å². The molecular formula is C16H24ClN3O2. The summed E-state index contributed by atoms with van der Waals surface area (Å²) >= 11 is 0. The predicted molar refractivity (Wildman–Crippen MR) is 89.7 cm³/mol. The molecule has 0 spiro atoms. The van der Waals surface area contributed by atoms with Crippen molar-refractivity contribution in [3.05, 3.63) is 24.3 Å². The van der Waals surface area contributed by atoms with E-state index in [4.69, 9.17) is 0 Å². The van der Waals surface area contributed by atoms with Gasteiger partial charge in [-0.1, -0.05) is 6.92 Å². The van der Waals surface area contributed by atoms with E-state index in [1.165, 1.54) is 0 Å². The first-order valence-electron chi connectivity index (χ1n) is 7.68. The van der Waals surface area contributed by atoms with Gasteiger partial charge >= 0.3 is 0 Å². The number of carbonyl (C=O) groups excluding carboxylic acids is 1. The van der Waals surface area contributed by atoms with Gasteiger partial charge in [0.05, 0.1) is 5.92 Å². The summed E-state index contributed by atoms with van der Waals surface area (Å²) in [6.45, 7) is 7.18. The number of halogens is 1. The molecule has 1 aromatic carbocycles. The average molecular weight is 326 g/mol. The maximum absolute atomic E-state index is 12.5. The van der Waals surface area contributed by atoms with E-state index in [0.717, 1.165) is 45.0 Å². The van der Waals surface area contributed by atoms with Crippen LogP contribution in [0.1, 0.15) is 6.92 Å². The largest absolute Gasteiger partial charge is 0.508 e. The minimum absolute atomic E-state index is 0. The number of aromatic hydroxyl groups is 1. The van der Waals surface area contributed by atoms with E-state index in [9.17, 15) is 9.90 Å². The Labute approximate surface area is 137 Å². The van der Waals surface area contributed by atoms with Gasteiger partial charge in [-0.2, -0.15) is 0 Å². The lowest BCUT2D eigenvalue weighted by Crippen LogP contribution is -2.51. The lowest BCUT2D eigenvalue weighted by molar-refractivity contribution is -0.136. The third-order valence-electron chi connectivity index (χ3n) is 4.64. The van der Waals surface area contributed by atoms with Gasteiger partial charge in [0, 0.05) is 38.4 Å². The summed E-state index contributed by atoms with van der Waals surface area (Å²) in [6, 6.07) is 7.27. The van der Waals surface area contributed by atoms with Crippen molar-refractivity contribution >= 4 is 24.0 Å². The molecule has 0 aliphatic carbocycles. The van der Waals surface area contributed by atoms with Gasteiger partial charge in [-0.3, -0.25) is 4.79 Å². The van der Waals surface area contributed by atoms with Gasteiger partial charge in [0.25, 0.3) is 0 Å². The highest BCUT2D eigenvalue weighted by molar-refractivity contribution is 5.85. The fraction of sp³-hybridized carbons (Fsp3) is 0.562. The molecule has 2 atom stereocenters. The number of benzene rings is 1. The van der Waals surface area contributed by atoms with Crippen LogP contribution >= 0.6 is 12.4 Å². The van der Waals surface area contributed by atoms with E-state index < -0.39 is 0 Å². The Kier molecular flexibility index (Phi) is 5.53. The Morgan fingerprint density at radius 3 is 2.32 bits per heavy atom. The summed E-state index contributed by atoms with van der Waals surface area (Å²) in [5.74, 6) is 1.17. The monoisotopic (exact) mass is 325 g/mol. The maximum Gasteiger partial charge on any atom is 0.227 e. The SMILES string of the molecule is C[C@@H]1CNC[C@H]1C(=O)N1CCN(c2ccc(O)cc2)CC1.Cl. The number of phenols is 1. The number of amides is 1. The molecule has 2 fully saturated rings. The zero-order valence-corrected chi connectivity index (χ0v) is 13.7. The van der Waals surface area contributed by atoms with Crippen LogP contribution in [0.25, 0.3) is 0 Å². The van der Waals surface area contributed by atoms with Crippen molar-refractivity contribution in [2.24, 2.45) is 11.8 Å². The van der Waals surface area contributed by atoms with Crippen molar-refractivity contribution in [3.8, 4) is 5.75 Å². The van der Waals surface area contributed by atoms with E-state index in [1.54, 1.807) is 12.1 Å². The first-order valence-corrected chi connectivity index (χ1v) is 7.68. The minimum atomic E-state index is 0. The Balaban J connectivity index is 0.00000176. The summed E-state index contributed by atoms with van der Waals surface area (Å²) in [5.41, 5.74) is 1.11. The Morgan fingerprint density at radius 1 is 1.14 bits per heavy atom. The molecule has 1 amide bonds. The van der Waals surface area contributed by atoms with E-state index in [1.807, 2.05) is 17.0 Å². The van der Waals surface area contributed by atoms with Crippen molar-refractivity contribution in [1.29, 1.82) is 0 Å². The Morgan fingerprint density at radius 2 is 1.77 bits per heavy atom. The van der Waals surface area contributed by atoms with Crippen LogP contribution in [0.15, 0.2) is 24.3 Å². The Bertz CT molecular complexity index is 501. The van der Waals surface area contributed by atoms with Crippen molar-refractivity contribution in [2.45, 2.75) is 6.92 Å². The van der Waals surface area contributed by atoms with Gasteiger partial charge in [-0.05, 0) is 36.7 Å². The predicted octanol–water partition coefficient (Wildman–Crippen LogP) is 1.32. The fourth-order valence-corrected chi connectivity index (χ4v) is 3.22. The zero-order valence-electron chi connectivity index (χ0n) is 12.9. The van der Waals surface area contributed by atoms with Crippen LogP contribution in [0, 0.1) is 11.8 Å². The summed E-state index contributed by atoms with van der Waals surface area (Å²) < 4.78 is 0. The summed E-state index contributed by atoms with van der Waals surface area (Å²) in [4.78, 5) is 16.8. The maximum atomic E-state index is 12.5. The number of piperazine rings is 1. The second kappa shape index (κ2) is 7.20. The van der Waals surface area contributed by atoms with Gasteiger partial charge in [0.15, 0.2) is 0 Å². The molecule has 22 heavy (non-hydrogen) atoms. The standard InChI is InChI=1S/C16H23N3O2.ClH/c1-12-10-17-11-15(12)16(21)19-8-6-18(7-9-19)13-2-4-14(20)5-3-13;/h2-5,12,15,17,20H,6-11H2,1H3;1H/t12-,15-;/m1./s1. The third-order valence-corrected chi connectivity index (χ3v) is 4.64. The first-order chi connectivity index (χ1) is 10.1. The summed E-state index contributed by atoms with van der Waals surface area (Å²) in [5, 5.41) is 12.6. The molecule has 6 heteroatoms. The second-order valence-electron chi connectivity index (χ2n) is 6.07. The number of carbonyl (C=O) groups is 1. The van der Waals surface area contributed by atoms with E-state index in [0.29, 0.717) is 11.8 Å². The van der Waals surface area contributed by atoms with E-state index >= 15 is 0 Å². The van der Waals surface area contributed by atoms with E-state index in [-0.39, 0.29) is 24.1 Å². The van der Waals surface area contributed by atoms with Gasteiger partial charge in [0.2, 0.25) is 5.91 Å². The number of phenolic OH excluding ortho intramolecular Hbond substituents is 1. The number of hydrogen-bond acceptors (Lipinski definition) is 4. The molecule has 2 N–H and O–H groups in total. The second-order valence-corrected chi connectivity index (χ2v) is 6.07. The van der Waals surface area contributed by atoms with E-state index in [2.05, 4.69) is 17.1 Å². The van der Waals surface area contributed by atoms with Gasteiger partial charge < -0.3 is 20.2 Å². The molecule has 0 radical (unpaired) electrons. The molecule has 5 nitrogen and oxygen atoms in total. The highest BCUT2D eigenvalue weighted by Crippen LogP contribution is 2.22. The third kappa shape index (κ3) is 3.47. The Hall–Kier alpha value is -1.46. The molecule has 122 valence electrons. The molecule has 2 aliphatic heterocycles. The van der Waals surface area contributed by atoms with Crippen LogP contribution in [0.2, 0.25) is 0 Å². The quantitative estimate of drug-likeness (QED) is 0.861. The molecule has 1 aromatic rings. The first kappa shape index (κ1) is 16.9. The summed E-state index contributed by atoms with van der Waals surface area (Å²) in [6.07, 6.45) is 0. The number of anilines is 1.